The minimum absolute atomic E-state index is 0.0208. The molecule has 0 fully saturated rings. The van der Waals surface area contributed by atoms with Gasteiger partial charge in [0.2, 0.25) is 0 Å². The number of alkyl halides is 3. The Morgan fingerprint density at radius 3 is 2.26 bits per heavy atom. The molecule has 1 amide bonds. The predicted octanol–water partition coefficient (Wildman–Crippen LogP) is 6.99. The Labute approximate surface area is 222 Å². The molecule has 0 atom stereocenters. The summed E-state index contributed by atoms with van der Waals surface area (Å²) in [5, 5.41) is 2.45. The van der Waals surface area contributed by atoms with Crippen LogP contribution in [0.3, 0.4) is 0 Å². The van der Waals surface area contributed by atoms with E-state index in [0.29, 0.717) is 24.1 Å². The van der Waals surface area contributed by atoms with Crippen molar-refractivity contribution in [3.8, 4) is 5.75 Å². The van der Waals surface area contributed by atoms with Gasteiger partial charge in [0.05, 0.1) is 21.2 Å². The van der Waals surface area contributed by atoms with Gasteiger partial charge in [-0.25, -0.2) is 8.42 Å². The van der Waals surface area contributed by atoms with Gasteiger partial charge in [0.15, 0.2) is 0 Å². The molecule has 0 aliphatic rings. The lowest BCUT2D eigenvalue weighted by molar-refractivity contribution is -0.137. The molecule has 0 saturated heterocycles. The Bertz CT molecular complexity index is 1550. The van der Waals surface area contributed by atoms with Crippen LogP contribution < -0.4 is 14.8 Å². The molecule has 11 heteroatoms. The number of carbonyl (C=O) groups excluding carboxylic acids is 1. The van der Waals surface area contributed by atoms with E-state index in [-0.39, 0.29) is 15.5 Å². The molecule has 4 aromatic rings. The molecule has 0 aliphatic carbocycles. The van der Waals surface area contributed by atoms with E-state index in [4.69, 9.17) is 16.3 Å². The Morgan fingerprint density at radius 2 is 1.58 bits per heavy atom. The van der Waals surface area contributed by atoms with Gasteiger partial charge in [0, 0.05) is 11.3 Å². The molecule has 0 heterocycles. The van der Waals surface area contributed by atoms with E-state index in [0.717, 1.165) is 23.8 Å². The van der Waals surface area contributed by atoms with Crippen molar-refractivity contribution in [2.45, 2.75) is 17.7 Å². The summed E-state index contributed by atoms with van der Waals surface area (Å²) in [7, 11) is -4.36. The van der Waals surface area contributed by atoms with Gasteiger partial charge >= 0.3 is 6.18 Å². The second kappa shape index (κ2) is 11.2. The molecule has 0 spiro atoms. The summed E-state index contributed by atoms with van der Waals surface area (Å²) in [6.45, 7) is 0.382. The fourth-order valence-corrected chi connectivity index (χ4v) is 4.70. The number of carbonyl (C=O) groups is 1. The minimum Gasteiger partial charge on any atom is -0.489 e. The lowest BCUT2D eigenvalue weighted by atomic mass is 10.2. The fourth-order valence-electron chi connectivity index (χ4n) is 3.37. The van der Waals surface area contributed by atoms with Gasteiger partial charge in [0.1, 0.15) is 12.4 Å². The number of rotatable bonds is 8. The standard InChI is InChI=1S/C27H20ClF3N2O4S/c28-24-14-9-20(27(29,30)31)16-25(24)33-38(35,36)23-8-4-7-19(15-23)26(34)32-21-10-12-22(13-11-21)37-17-18-5-2-1-3-6-18/h1-16,33H,17H2,(H,32,34). The second-order valence-electron chi connectivity index (χ2n) is 8.08. The summed E-state index contributed by atoms with van der Waals surface area (Å²) in [4.78, 5) is 12.4. The smallest absolute Gasteiger partial charge is 0.416 e. The van der Waals surface area contributed by atoms with Crippen LogP contribution in [0.25, 0.3) is 0 Å². The maximum Gasteiger partial charge on any atom is 0.416 e. The number of ether oxygens (including phenoxy) is 1. The molecule has 196 valence electrons. The normalized spacial score (nSPS) is 11.6. The first kappa shape index (κ1) is 27.0. The molecule has 4 rings (SSSR count). The van der Waals surface area contributed by atoms with E-state index < -0.39 is 33.4 Å². The largest absolute Gasteiger partial charge is 0.489 e. The molecular weight excluding hydrogens is 541 g/mol. The van der Waals surface area contributed by atoms with Crippen molar-refractivity contribution in [3.63, 3.8) is 0 Å². The van der Waals surface area contributed by atoms with E-state index >= 15 is 0 Å². The summed E-state index contributed by atoms with van der Waals surface area (Å²) in [5.74, 6) is 0.0105. The highest BCUT2D eigenvalue weighted by molar-refractivity contribution is 7.92. The lowest BCUT2D eigenvalue weighted by Crippen LogP contribution is -2.16. The average molecular weight is 561 g/mol. The van der Waals surface area contributed by atoms with Crippen LogP contribution in [-0.4, -0.2) is 14.3 Å². The summed E-state index contributed by atoms with van der Waals surface area (Å²) >= 11 is 5.91. The molecule has 4 aromatic carbocycles. The number of amides is 1. The van der Waals surface area contributed by atoms with Gasteiger partial charge < -0.3 is 10.1 Å². The first-order valence-corrected chi connectivity index (χ1v) is 13.0. The highest BCUT2D eigenvalue weighted by Gasteiger charge is 2.31. The minimum atomic E-state index is -4.69. The van der Waals surface area contributed by atoms with Gasteiger partial charge in [0.25, 0.3) is 15.9 Å². The topological polar surface area (TPSA) is 84.5 Å². The third kappa shape index (κ3) is 6.84. The van der Waals surface area contributed by atoms with Crippen molar-refractivity contribution in [3.05, 3.63) is 119 Å². The van der Waals surface area contributed by atoms with Crippen LogP contribution >= 0.6 is 11.6 Å². The van der Waals surface area contributed by atoms with E-state index in [1.54, 1.807) is 24.3 Å². The van der Waals surface area contributed by atoms with Crippen LogP contribution in [0.2, 0.25) is 5.02 Å². The maximum atomic E-state index is 13.0. The summed E-state index contributed by atoms with van der Waals surface area (Å²) in [6.07, 6.45) is -4.69. The number of hydrogen-bond donors (Lipinski definition) is 2. The zero-order valence-corrected chi connectivity index (χ0v) is 21.1. The van der Waals surface area contributed by atoms with Crippen molar-refractivity contribution in [2.24, 2.45) is 0 Å². The number of anilines is 2. The van der Waals surface area contributed by atoms with Crippen LogP contribution in [0.15, 0.2) is 102 Å². The monoisotopic (exact) mass is 560 g/mol. The summed E-state index contributed by atoms with van der Waals surface area (Å²) < 4.78 is 72.6. The van der Waals surface area contributed by atoms with Crippen LogP contribution in [0.4, 0.5) is 24.5 Å². The Kier molecular flexibility index (Phi) is 7.94. The third-order valence-electron chi connectivity index (χ3n) is 5.31. The number of sulfonamides is 1. The van der Waals surface area contributed by atoms with E-state index in [1.165, 1.54) is 18.2 Å². The molecule has 38 heavy (non-hydrogen) atoms. The van der Waals surface area contributed by atoms with Crippen LogP contribution in [-0.2, 0) is 22.8 Å². The van der Waals surface area contributed by atoms with Crippen molar-refractivity contribution < 1.29 is 31.1 Å². The molecule has 0 aliphatic heterocycles. The van der Waals surface area contributed by atoms with Crippen LogP contribution in [0.5, 0.6) is 5.75 Å². The molecule has 0 radical (unpaired) electrons. The first-order chi connectivity index (χ1) is 18.0. The second-order valence-corrected chi connectivity index (χ2v) is 10.2. The first-order valence-electron chi connectivity index (χ1n) is 11.1. The van der Waals surface area contributed by atoms with Gasteiger partial charge in [-0.3, -0.25) is 9.52 Å². The quantitative estimate of drug-likeness (QED) is 0.243. The zero-order valence-electron chi connectivity index (χ0n) is 19.5. The molecule has 6 nitrogen and oxygen atoms in total. The van der Waals surface area contributed by atoms with Gasteiger partial charge in [-0.1, -0.05) is 48.0 Å². The Hall–Kier alpha value is -4.02. The number of halogens is 4. The molecular formula is C27H20ClF3N2O4S. The van der Waals surface area contributed by atoms with Crippen molar-refractivity contribution in [1.82, 2.24) is 0 Å². The van der Waals surface area contributed by atoms with Crippen LogP contribution in [0.1, 0.15) is 21.5 Å². The number of hydrogen-bond acceptors (Lipinski definition) is 4. The van der Waals surface area contributed by atoms with Gasteiger partial charge in [-0.2, -0.15) is 13.2 Å². The molecule has 0 bridgehead atoms. The SMILES string of the molecule is O=C(Nc1ccc(OCc2ccccc2)cc1)c1cccc(S(=O)(=O)Nc2cc(C(F)(F)F)ccc2Cl)c1. The molecule has 2 N–H and O–H groups in total. The van der Waals surface area contributed by atoms with E-state index in [1.807, 2.05) is 30.3 Å². The highest BCUT2D eigenvalue weighted by Crippen LogP contribution is 2.34. The highest BCUT2D eigenvalue weighted by atomic mass is 35.5. The van der Waals surface area contributed by atoms with E-state index in [9.17, 15) is 26.4 Å². The maximum absolute atomic E-state index is 13.0. The van der Waals surface area contributed by atoms with Crippen molar-refractivity contribution in [2.75, 3.05) is 10.0 Å². The predicted molar refractivity (Wildman–Crippen MR) is 139 cm³/mol. The van der Waals surface area contributed by atoms with Crippen LogP contribution in [0, 0.1) is 0 Å². The summed E-state index contributed by atoms with van der Waals surface area (Å²) in [5.41, 5.74) is -0.0312. The van der Waals surface area contributed by atoms with Crippen molar-refractivity contribution in [1.29, 1.82) is 0 Å². The molecule has 0 aromatic heterocycles. The third-order valence-corrected chi connectivity index (χ3v) is 7.00. The Balaban J connectivity index is 1.44. The fraction of sp³-hybridized carbons (Fsp3) is 0.0741. The molecule has 0 saturated carbocycles. The van der Waals surface area contributed by atoms with Gasteiger partial charge in [-0.15, -0.1) is 0 Å². The lowest BCUT2D eigenvalue weighted by Gasteiger charge is -2.13. The van der Waals surface area contributed by atoms with Crippen molar-refractivity contribution >= 4 is 38.9 Å². The average Bonchev–Trinajstić information content (AvgIpc) is 2.89. The zero-order chi connectivity index (χ0) is 27.3. The Morgan fingerprint density at radius 1 is 0.868 bits per heavy atom. The number of benzene rings is 4. The summed E-state index contributed by atoms with van der Waals surface area (Å²) in [6, 6.07) is 23.6. The number of nitrogens with one attached hydrogen (secondary N) is 2. The van der Waals surface area contributed by atoms with Gasteiger partial charge in [-0.05, 0) is 66.2 Å². The molecule has 0 unspecified atom stereocenters. The van der Waals surface area contributed by atoms with E-state index in [2.05, 4.69) is 10.0 Å².